The van der Waals surface area contributed by atoms with Crippen molar-refractivity contribution in [2.24, 2.45) is 0 Å². The predicted molar refractivity (Wildman–Crippen MR) is 86.0 cm³/mol. The largest absolute Gasteiger partial charge is 0.364 e. The summed E-state index contributed by atoms with van der Waals surface area (Å²) in [5, 5.41) is 0. The van der Waals surface area contributed by atoms with E-state index in [4.69, 9.17) is 18.9 Å². The first kappa shape index (κ1) is 15.3. The third-order valence-electron chi connectivity index (χ3n) is 5.85. The van der Waals surface area contributed by atoms with Gasteiger partial charge in [0, 0.05) is 0 Å². The molecule has 6 nitrogen and oxygen atoms in total. The predicted octanol–water partition coefficient (Wildman–Crippen LogP) is 1.84. The van der Waals surface area contributed by atoms with E-state index in [1.807, 2.05) is 0 Å². The van der Waals surface area contributed by atoms with Crippen LogP contribution in [0.15, 0.2) is 24.3 Å². The molecule has 0 spiro atoms. The van der Waals surface area contributed by atoms with Crippen LogP contribution < -0.4 is 0 Å². The summed E-state index contributed by atoms with van der Waals surface area (Å²) in [6.07, 6.45) is -0.0344. The normalized spacial score (nSPS) is 42.6. The fourth-order valence-electron chi connectivity index (χ4n) is 4.23. The van der Waals surface area contributed by atoms with Gasteiger partial charge < -0.3 is 18.9 Å². The lowest BCUT2D eigenvalue weighted by Crippen LogP contribution is -2.40. The topological polar surface area (TPSA) is 43.4 Å². The monoisotopic (exact) mass is 332 g/mol. The molecule has 5 rings (SSSR count). The molecule has 0 bridgehead atoms. The van der Waals surface area contributed by atoms with Crippen LogP contribution in [0.2, 0.25) is 0 Å². The van der Waals surface area contributed by atoms with E-state index in [1.165, 1.54) is 11.1 Å². The molecule has 6 heteroatoms. The van der Waals surface area contributed by atoms with Gasteiger partial charge in [-0.2, -0.15) is 0 Å². The van der Waals surface area contributed by atoms with Gasteiger partial charge in [0.15, 0.2) is 0 Å². The molecule has 0 unspecified atom stereocenters. The standard InChI is InChI=1S/C18H24N2O4/c1-17-7-21-11-19(17)15(23-9-17)13-3-5-14(6-4-13)16-20-12-22-8-18(20,2)10-24-16/h3-6,15-16H,7-12H2,1-2H3/t15-,16-,17+,18+/m0/s1. The van der Waals surface area contributed by atoms with Gasteiger partial charge in [0.2, 0.25) is 0 Å². The summed E-state index contributed by atoms with van der Waals surface area (Å²) in [4.78, 5) is 4.61. The van der Waals surface area contributed by atoms with Crippen molar-refractivity contribution in [3.8, 4) is 0 Å². The Balaban J connectivity index is 1.37. The van der Waals surface area contributed by atoms with Crippen molar-refractivity contribution in [1.82, 2.24) is 9.80 Å². The highest BCUT2D eigenvalue weighted by Crippen LogP contribution is 2.42. The molecule has 0 saturated carbocycles. The first-order valence-corrected chi connectivity index (χ1v) is 8.61. The third-order valence-corrected chi connectivity index (χ3v) is 5.85. The SMILES string of the molecule is C[C@]12COCN1[C@H](c1ccc([C@@H]3OC[C@@]4(C)COCN34)cc1)OC2. The Morgan fingerprint density at radius 3 is 1.58 bits per heavy atom. The molecule has 4 aliphatic rings. The van der Waals surface area contributed by atoms with E-state index in [2.05, 4.69) is 47.9 Å². The van der Waals surface area contributed by atoms with Crippen molar-refractivity contribution >= 4 is 0 Å². The fourth-order valence-corrected chi connectivity index (χ4v) is 4.23. The van der Waals surface area contributed by atoms with Crippen molar-refractivity contribution in [3.63, 3.8) is 0 Å². The third kappa shape index (κ3) is 2.11. The van der Waals surface area contributed by atoms with Gasteiger partial charge in [0.05, 0.1) is 37.5 Å². The first-order valence-electron chi connectivity index (χ1n) is 8.61. The number of ether oxygens (including phenoxy) is 4. The molecule has 1 aromatic rings. The lowest BCUT2D eigenvalue weighted by Gasteiger charge is -2.28. The average Bonchev–Trinajstić information content (AvgIpc) is 3.27. The molecule has 0 radical (unpaired) electrons. The summed E-state index contributed by atoms with van der Waals surface area (Å²) < 4.78 is 23.4. The molecule has 1 aromatic carbocycles. The van der Waals surface area contributed by atoms with Crippen LogP contribution in [-0.2, 0) is 18.9 Å². The Bertz CT molecular complexity index is 583. The lowest BCUT2D eigenvalue weighted by molar-refractivity contribution is -0.00840. The van der Waals surface area contributed by atoms with Gasteiger partial charge >= 0.3 is 0 Å². The van der Waals surface area contributed by atoms with Crippen LogP contribution in [0, 0.1) is 0 Å². The maximum absolute atomic E-state index is 6.04. The molecule has 4 heterocycles. The van der Waals surface area contributed by atoms with E-state index in [-0.39, 0.29) is 23.5 Å². The summed E-state index contributed by atoms with van der Waals surface area (Å²) in [6.45, 7) is 8.60. The van der Waals surface area contributed by atoms with E-state index < -0.39 is 0 Å². The van der Waals surface area contributed by atoms with Gasteiger partial charge in [-0.1, -0.05) is 24.3 Å². The van der Waals surface area contributed by atoms with Gasteiger partial charge in [0.1, 0.15) is 25.9 Å². The zero-order valence-electron chi connectivity index (χ0n) is 14.2. The van der Waals surface area contributed by atoms with Crippen LogP contribution in [0.25, 0.3) is 0 Å². The Morgan fingerprint density at radius 2 is 1.17 bits per heavy atom. The van der Waals surface area contributed by atoms with Gasteiger partial charge in [-0.25, -0.2) is 9.80 Å². The summed E-state index contributed by atoms with van der Waals surface area (Å²) in [7, 11) is 0. The van der Waals surface area contributed by atoms with Gasteiger partial charge in [0.25, 0.3) is 0 Å². The van der Waals surface area contributed by atoms with Crippen molar-refractivity contribution in [2.75, 3.05) is 39.9 Å². The van der Waals surface area contributed by atoms with Crippen molar-refractivity contribution in [2.45, 2.75) is 37.4 Å². The van der Waals surface area contributed by atoms with Crippen molar-refractivity contribution < 1.29 is 18.9 Å². The van der Waals surface area contributed by atoms with Gasteiger partial charge in [-0.3, -0.25) is 0 Å². The van der Waals surface area contributed by atoms with Crippen molar-refractivity contribution in [1.29, 1.82) is 0 Å². The smallest absolute Gasteiger partial charge is 0.139 e. The van der Waals surface area contributed by atoms with E-state index >= 15 is 0 Å². The van der Waals surface area contributed by atoms with E-state index in [9.17, 15) is 0 Å². The van der Waals surface area contributed by atoms with Gasteiger partial charge in [-0.05, 0) is 25.0 Å². The number of benzene rings is 1. The minimum absolute atomic E-state index is 0.00655. The van der Waals surface area contributed by atoms with Crippen LogP contribution in [0.4, 0.5) is 0 Å². The Hall–Kier alpha value is -1.02. The number of hydrogen-bond donors (Lipinski definition) is 0. The molecule has 4 saturated heterocycles. The Labute approximate surface area is 142 Å². The second-order valence-corrected chi connectivity index (χ2v) is 7.88. The second kappa shape index (κ2) is 5.24. The molecule has 0 N–H and O–H groups in total. The maximum atomic E-state index is 6.04. The van der Waals surface area contributed by atoms with Crippen LogP contribution in [0.5, 0.6) is 0 Å². The number of fused-ring (bicyclic) bond motifs is 2. The van der Waals surface area contributed by atoms with Crippen LogP contribution >= 0.6 is 0 Å². The molecule has 24 heavy (non-hydrogen) atoms. The summed E-state index contributed by atoms with van der Waals surface area (Å²) in [6, 6.07) is 8.61. The summed E-state index contributed by atoms with van der Waals surface area (Å²) in [5.41, 5.74) is 2.36. The zero-order chi connectivity index (χ0) is 16.4. The highest BCUT2D eigenvalue weighted by atomic mass is 16.6. The molecule has 130 valence electrons. The number of rotatable bonds is 2. The average molecular weight is 332 g/mol. The number of nitrogens with zero attached hydrogens (tertiary/aromatic N) is 2. The minimum atomic E-state index is -0.0172. The fraction of sp³-hybridized carbons (Fsp3) is 0.667. The molecular weight excluding hydrogens is 308 g/mol. The zero-order valence-corrected chi connectivity index (χ0v) is 14.2. The Morgan fingerprint density at radius 1 is 0.750 bits per heavy atom. The summed E-state index contributed by atoms with van der Waals surface area (Å²) >= 11 is 0. The van der Waals surface area contributed by atoms with E-state index in [0.29, 0.717) is 26.7 Å². The highest BCUT2D eigenvalue weighted by molar-refractivity contribution is 5.27. The lowest BCUT2D eigenvalue weighted by atomic mass is 10.0. The Kier molecular flexibility index (Phi) is 3.33. The minimum Gasteiger partial charge on any atom is -0.364 e. The van der Waals surface area contributed by atoms with E-state index in [1.54, 1.807) is 0 Å². The van der Waals surface area contributed by atoms with Crippen LogP contribution in [0.1, 0.15) is 37.4 Å². The molecule has 0 amide bonds. The molecule has 4 atom stereocenters. The molecule has 4 fully saturated rings. The van der Waals surface area contributed by atoms with Crippen molar-refractivity contribution in [3.05, 3.63) is 35.4 Å². The first-order chi connectivity index (χ1) is 11.6. The quantitative estimate of drug-likeness (QED) is 0.823. The summed E-state index contributed by atoms with van der Waals surface area (Å²) in [5.74, 6) is 0. The second-order valence-electron chi connectivity index (χ2n) is 7.88. The van der Waals surface area contributed by atoms with E-state index in [0.717, 1.165) is 13.2 Å². The highest BCUT2D eigenvalue weighted by Gasteiger charge is 2.50. The van der Waals surface area contributed by atoms with Crippen LogP contribution in [-0.4, -0.2) is 60.8 Å². The molecule has 0 aromatic heterocycles. The molecule has 0 aliphatic carbocycles. The molecular formula is C18H24N2O4. The number of hydrogen-bond acceptors (Lipinski definition) is 6. The maximum Gasteiger partial charge on any atom is 0.139 e. The van der Waals surface area contributed by atoms with Crippen LogP contribution in [0.3, 0.4) is 0 Å². The molecule has 4 aliphatic heterocycles. The van der Waals surface area contributed by atoms with Gasteiger partial charge in [-0.15, -0.1) is 0 Å².